The number of hydrogen-bond acceptors (Lipinski definition) is 0. The molecule has 0 N–H and O–H groups in total. The first-order chi connectivity index (χ1) is 16.6. The van der Waals surface area contributed by atoms with E-state index < -0.39 is 0 Å². The Morgan fingerprint density at radius 1 is 0.306 bits per heavy atom. The highest BCUT2D eigenvalue weighted by Gasteiger charge is 2.22. The smallest absolute Gasteiger partial charge is 0.0784 e. The van der Waals surface area contributed by atoms with Crippen LogP contribution in [0.15, 0.2) is 0 Å². The lowest BCUT2D eigenvalue weighted by Crippen LogP contribution is -3.00. The summed E-state index contributed by atoms with van der Waals surface area (Å²) in [4.78, 5) is 0. The number of quaternary nitrogens is 2. The highest BCUT2D eigenvalue weighted by molar-refractivity contribution is 4.55. The summed E-state index contributed by atoms with van der Waals surface area (Å²) in [5, 5.41) is 0. The number of rotatable bonds is 7. The van der Waals surface area contributed by atoms with E-state index in [1.165, 1.54) is 202 Å². The quantitative estimate of drug-likeness (QED) is 0.297. The Balaban J connectivity index is 0.00000612. The first-order valence-corrected chi connectivity index (χ1v) is 16.3. The molecular weight excluding hydrogens is 572 g/mol. The number of hydrogen-bond donors (Lipinski definition) is 0. The largest absolute Gasteiger partial charge is 1.00 e. The van der Waals surface area contributed by atoms with Gasteiger partial charge in [-0.1, -0.05) is 77.0 Å². The lowest BCUT2D eigenvalue weighted by atomic mass is 10.1. The third-order valence-electron chi connectivity index (χ3n) is 9.44. The summed E-state index contributed by atoms with van der Waals surface area (Å²) in [7, 11) is 5.18. The molecule has 2 fully saturated rings. The SMILES string of the molecule is C[N+]1(CCCCCC[N+]2(C)CCCCCCCCCCCC2)CCCCCCCCCCCC1.[Br-].[Br-]. The molecule has 2 saturated heterocycles. The molecule has 2 rings (SSSR count). The molecule has 0 spiro atoms. The molecule has 4 heteroatoms. The monoisotopic (exact) mass is 636 g/mol. The van der Waals surface area contributed by atoms with Crippen molar-refractivity contribution in [1.82, 2.24) is 0 Å². The average molecular weight is 639 g/mol. The van der Waals surface area contributed by atoms with E-state index in [1.54, 1.807) is 0 Å². The number of halogens is 2. The van der Waals surface area contributed by atoms with Gasteiger partial charge >= 0.3 is 0 Å². The third-order valence-corrected chi connectivity index (χ3v) is 9.44. The van der Waals surface area contributed by atoms with Gasteiger partial charge in [-0.2, -0.15) is 0 Å². The molecule has 2 aliphatic heterocycles. The van der Waals surface area contributed by atoms with Crippen molar-refractivity contribution in [3.63, 3.8) is 0 Å². The average Bonchev–Trinajstić information content (AvgIpc) is 2.86. The predicted molar refractivity (Wildman–Crippen MR) is 152 cm³/mol. The van der Waals surface area contributed by atoms with Crippen molar-refractivity contribution in [3.05, 3.63) is 0 Å². The molecule has 0 radical (unpaired) electrons. The Morgan fingerprint density at radius 3 is 0.722 bits per heavy atom. The maximum Gasteiger partial charge on any atom is 0.0784 e. The highest BCUT2D eigenvalue weighted by Crippen LogP contribution is 2.20. The Bertz CT molecular complexity index is 401. The summed E-state index contributed by atoms with van der Waals surface area (Å²) < 4.78 is 2.74. The molecule has 0 aromatic rings. The van der Waals surface area contributed by atoms with Crippen LogP contribution in [0.1, 0.15) is 154 Å². The maximum atomic E-state index is 2.59. The zero-order valence-corrected chi connectivity index (χ0v) is 28.0. The minimum absolute atomic E-state index is 0. The number of nitrogens with zero attached hydrogens (tertiary/aromatic N) is 2. The second-order valence-electron chi connectivity index (χ2n) is 13.1. The van der Waals surface area contributed by atoms with E-state index in [2.05, 4.69) is 14.1 Å². The van der Waals surface area contributed by atoms with Crippen LogP contribution in [0.5, 0.6) is 0 Å². The zero-order valence-electron chi connectivity index (χ0n) is 24.9. The lowest BCUT2D eigenvalue weighted by Gasteiger charge is -2.36. The fourth-order valence-electron chi connectivity index (χ4n) is 6.81. The molecule has 36 heavy (non-hydrogen) atoms. The first-order valence-electron chi connectivity index (χ1n) is 16.3. The first kappa shape index (κ1) is 36.9. The van der Waals surface area contributed by atoms with Gasteiger partial charge in [0.25, 0.3) is 0 Å². The standard InChI is InChI=1S/C32H66N2.2BrH/c1-33(27-21-15-11-7-3-4-8-12-16-22-28-33)31-25-19-20-26-32-34(2)29-23-17-13-9-5-6-10-14-18-24-30-34;;/h3-32H2,1-2H3;2*1H/q+2;;/p-2. The summed E-state index contributed by atoms with van der Waals surface area (Å²) in [6, 6.07) is 0. The molecule has 0 aromatic carbocycles. The van der Waals surface area contributed by atoms with E-state index in [0.29, 0.717) is 0 Å². The molecule has 218 valence electrons. The minimum Gasteiger partial charge on any atom is -1.00 e. The number of unbranched alkanes of at least 4 members (excludes halogenated alkanes) is 3. The van der Waals surface area contributed by atoms with Crippen LogP contribution >= 0.6 is 0 Å². The van der Waals surface area contributed by atoms with E-state index >= 15 is 0 Å². The predicted octanol–water partition coefficient (Wildman–Crippen LogP) is 3.28. The lowest BCUT2D eigenvalue weighted by molar-refractivity contribution is -0.911. The zero-order chi connectivity index (χ0) is 24.2. The molecule has 0 amide bonds. The van der Waals surface area contributed by atoms with Gasteiger partial charge in [-0.15, -0.1) is 0 Å². The van der Waals surface area contributed by atoms with Crippen molar-refractivity contribution in [2.75, 3.05) is 53.4 Å². The van der Waals surface area contributed by atoms with Crippen LogP contribution in [-0.4, -0.2) is 62.3 Å². The van der Waals surface area contributed by atoms with Crippen molar-refractivity contribution < 1.29 is 42.9 Å². The summed E-state index contributed by atoms with van der Waals surface area (Å²) in [5.74, 6) is 0. The molecule has 0 saturated carbocycles. The van der Waals surface area contributed by atoms with Crippen LogP contribution in [0, 0.1) is 0 Å². The van der Waals surface area contributed by atoms with Gasteiger partial charge in [0, 0.05) is 0 Å². The van der Waals surface area contributed by atoms with Crippen molar-refractivity contribution in [1.29, 1.82) is 0 Å². The Kier molecular flexibility index (Phi) is 24.3. The van der Waals surface area contributed by atoms with Crippen LogP contribution in [0.2, 0.25) is 0 Å². The van der Waals surface area contributed by atoms with Gasteiger partial charge in [0.1, 0.15) is 0 Å². The van der Waals surface area contributed by atoms with Crippen molar-refractivity contribution in [3.8, 4) is 0 Å². The summed E-state index contributed by atoms with van der Waals surface area (Å²) in [5.41, 5.74) is 0. The Morgan fingerprint density at radius 2 is 0.500 bits per heavy atom. The van der Waals surface area contributed by atoms with Crippen LogP contribution in [0.4, 0.5) is 0 Å². The van der Waals surface area contributed by atoms with Gasteiger partial charge in [0.2, 0.25) is 0 Å². The highest BCUT2D eigenvalue weighted by atomic mass is 79.9. The van der Waals surface area contributed by atoms with Crippen LogP contribution < -0.4 is 34.0 Å². The van der Waals surface area contributed by atoms with Crippen LogP contribution in [0.25, 0.3) is 0 Å². The second kappa shape index (κ2) is 23.7. The van der Waals surface area contributed by atoms with Gasteiger partial charge in [0.05, 0.1) is 53.4 Å². The van der Waals surface area contributed by atoms with Crippen molar-refractivity contribution in [2.24, 2.45) is 0 Å². The minimum atomic E-state index is 0. The van der Waals surface area contributed by atoms with Crippen LogP contribution in [0.3, 0.4) is 0 Å². The van der Waals surface area contributed by atoms with E-state index in [-0.39, 0.29) is 34.0 Å². The van der Waals surface area contributed by atoms with Crippen LogP contribution in [-0.2, 0) is 0 Å². The van der Waals surface area contributed by atoms with Crippen molar-refractivity contribution in [2.45, 2.75) is 154 Å². The fourth-order valence-corrected chi connectivity index (χ4v) is 6.81. The van der Waals surface area contributed by atoms with E-state index in [1.807, 2.05) is 0 Å². The summed E-state index contributed by atoms with van der Waals surface area (Å²) in [6.07, 6.45) is 35.5. The third kappa shape index (κ3) is 19.0. The van der Waals surface area contributed by atoms with E-state index in [9.17, 15) is 0 Å². The summed E-state index contributed by atoms with van der Waals surface area (Å²) in [6.45, 7) is 8.63. The molecule has 0 unspecified atom stereocenters. The molecule has 0 aliphatic carbocycles. The molecule has 2 aliphatic rings. The van der Waals surface area contributed by atoms with Gasteiger partial charge in [-0.25, -0.2) is 0 Å². The molecule has 2 heterocycles. The van der Waals surface area contributed by atoms with Gasteiger partial charge in [-0.05, 0) is 77.0 Å². The van der Waals surface area contributed by atoms with E-state index in [4.69, 9.17) is 0 Å². The maximum absolute atomic E-state index is 2.59. The second-order valence-corrected chi connectivity index (χ2v) is 13.1. The molecule has 0 atom stereocenters. The Labute approximate surface area is 249 Å². The van der Waals surface area contributed by atoms with Gasteiger partial charge in [-0.3, -0.25) is 0 Å². The van der Waals surface area contributed by atoms with Gasteiger partial charge < -0.3 is 42.9 Å². The van der Waals surface area contributed by atoms with Crippen molar-refractivity contribution >= 4 is 0 Å². The Hall–Kier alpha value is 0.880. The topological polar surface area (TPSA) is 0 Å². The normalized spacial score (nSPS) is 23.5. The molecule has 0 bridgehead atoms. The molecular formula is C32H66Br2N2. The summed E-state index contributed by atoms with van der Waals surface area (Å²) >= 11 is 0. The molecule has 2 nitrogen and oxygen atoms in total. The van der Waals surface area contributed by atoms with E-state index in [0.717, 1.165) is 0 Å². The van der Waals surface area contributed by atoms with Gasteiger partial charge in [0.15, 0.2) is 0 Å². The molecule has 0 aromatic heterocycles. The fraction of sp³-hybridized carbons (Fsp3) is 1.00.